The molecule has 0 aromatic heterocycles. The van der Waals surface area contributed by atoms with E-state index >= 15 is 0 Å². The number of hydrogen-bond donors (Lipinski definition) is 5. The molecule has 0 saturated carbocycles. The van der Waals surface area contributed by atoms with Crippen LogP contribution in [0.2, 0.25) is 0 Å². The highest BCUT2D eigenvalue weighted by Gasteiger charge is 2.37. The van der Waals surface area contributed by atoms with Crippen LogP contribution in [0.4, 0.5) is 0 Å². The van der Waals surface area contributed by atoms with Crippen LogP contribution in [-0.2, 0) is 19.2 Å². The van der Waals surface area contributed by atoms with Crippen LogP contribution in [0.25, 0.3) is 0 Å². The number of aliphatic hydroxyl groups is 1. The third kappa shape index (κ3) is 6.17. The predicted octanol–water partition coefficient (Wildman–Crippen LogP) is -1.58. The van der Waals surface area contributed by atoms with Gasteiger partial charge in [-0.15, -0.1) is 0 Å². The molecular weight excluding hydrogens is 356 g/mol. The van der Waals surface area contributed by atoms with E-state index in [0.717, 1.165) is 0 Å². The van der Waals surface area contributed by atoms with E-state index in [4.69, 9.17) is 5.73 Å². The van der Waals surface area contributed by atoms with Crippen LogP contribution in [0.3, 0.4) is 0 Å². The van der Waals surface area contributed by atoms with E-state index < -0.39 is 47.9 Å². The van der Waals surface area contributed by atoms with Gasteiger partial charge in [-0.05, 0) is 25.7 Å². The van der Waals surface area contributed by atoms with Gasteiger partial charge in [0.2, 0.25) is 17.7 Å². The normalized spacial score (nSPS) is 21.1. The largest absolute Gasteiger partial charge is 0.480 e. The molecule has 27 heavy (non-hydrogen) atoms. The Kier molecular flexibility index (Phi) is 8.64. The minimum absolute atomic E-state index is 0.257. The molecule has 0 aromatic rings. The monoisotopic (exact) mass is 386 g/mol. The second kappa shape index (κ2) is 10.2. The van der Waals surface area contributed by atoms with Crippen LogP contribution < -0.4 is 16.4 Å². The van der Waals surface area contributed by atoms with Crippen molar-refractivity contribution in [1.29, 1.82) is 0 Å². The lowest BCUT2D eigenvalue weighted by Gasteiger charge is -2.27. The van der Waals surface area contributed by atoms with E-state index in [9.17, 15) is 29.4 Å². The van der Waals surface area contributed by atoms with Crippen LogP contribution in [-0.4, -0.2) is 76.1 Å². The van der Waals surface area contributed by atoms with Gasteiger partial charge in [0.15, 0.2) is 0 Å². The van der Waals surface area contributed by atoms with Crippen molar-refractivity contribution in [3.05, 3.63) is 0 Å². The molecular formula is C17H30N4O6. The smallest absolute Gasteiger partial charge is 0.326 e. The Hall–Kier alpha value is -2.20. The average Bonchev–Trinajstić information content (AvgIpc) is 3.11. The molecule has 154 valence electrons. The van der Waals surface area contributed by atoms with E-state index in [0.29, 0.717) is 25.8 Å². The maximum absolute atomic E-state index is 12.4. The van der Waals surface area contributed by atoms with Crippen molar-refractivity contribution in [2.24, 2.45) is 11.7 Å². The molecule has 0 aliphatic carbocycles. The van der Waals surface area contributed by atoms with Gasteiger partial charge in [-0.3, -0.25) is 14.4 Å². The van der Waals surface area contributed by atoms with E-state index in [2.05, 4.69) is 10.6 Å². The molecule has 3 amide bonds. The minimum Gasteiger partial charge on any atom is -0.480 e. The zero-order valence-electron chi connectivity index (χ0n) is 16.0. The van der Waals surface area contributed by atoms with Gasteiger partial charge in [0.1, 0.15) is 18.1 Å². The quantitative estimate of drug-likeness (QED) is 0.319. The summed E-state index contributed by atoms with van der Waals surface area (Å²) >= 11 is 0. The lowest BCUT2D eigenvalue weighted by molar-refractivity contribution is -0.143. The van der Waals surface area contributed by atoms with Crippen molar-refractivity contribution in [3.8, 4) is 0 Å². The molecule has 1 saturated heterocycles. The molecule has 1 fully saturated rings. The molecule has 5 unspecified atom stereocenters. The number of amides is 3. The molecule has 10 heteroatoms. The van der Waals surface area contributed by atoms with Crippen LogP contribution in [0.15, 0.2) is 0 Å². The first-order chi connectivity index (χ1) is 12.6. The third-order valence-corrected chi connectivity index (χ3v) is 4.86. The van der Waals surface area contributed by atoms with Gasteiger partial charge < -0.3 is 31.5 Å². The SMILES string of the molecule is CCC(C)C(NC(=O)CNC(=O)C1CCCN1C(=O)C(N)C(C)O)C(=O)O. The molecule has 0 bridgehead atoms. The second-order valence-electron chi connectivity index (χ2n) is 6.94. The van der Waals surface area contributed by atoms with Crippen molar-refractivity contribution in [3.63, 3.8) is 0 Å². The van der Waals surface area contributed by atoms with Crippen molar-refractivity contribution in [1.82, 2.24) is 15.5 Å². The van der Waals surface area contributed by atoms with Gasteiger partial charge in [-0.25, -0.2) is 4.79 Å². The summed E-state index contributed by atoms with van der Waals surface area (Å²) in [6.07, 6.45) is 0.571. The number of carbonyl (C=O) groups is 4. The van der Waals surface area contributed by atoms with Gasteiger partial charge in [0.05, 0.1) is 12.6 Å². The molecule has 6 N–H and O–H groups in total. The third-order valence-electron chi connectivity index (χ3n) is 4.86. The first-order valence-electron chi connectivity index (χ1n) is 9.14. The summed E-state index contributed by atoms with van der Waals surface area (Å²) in [4.78, 5) is 49.2. The lowest BCUT2D eigenvalue weighted by Crippen LogP contribution is -2.55. The fraction of sp³-hybridized carbons (Fsp3) is 0.765. The van der Waals surface area contributed by atoms with E-state index in [1.165, 1.54) is 11.8 Å². The van der Waals surface area contributed by atoms with Gasteiger partial charge in [-0.2, -0.15) is 0 Å². The Bertz CT molecular complexity index is 568. The fourth-order valence-corrected chi connectivity index (χ4v) is 2.89. The van der Waals surface area contributed by atoms with E-state index in [1.54, 1.807) is 6.92 Å². The molecule has 1 rings (SSSR count). The van der Waals surface area contributed by atoms with Crippen molar-refractivity contribution < 1.29 is 29.4 Å². The highest BCUT2D eigenvalue weighted by atomic mass is 16.4. The molecule has 0 spiro atoms. The summed E-state index contributed by atoms with van der Waals surface area (Å²) in [7, 11) is 0. The van der Waals surface area contributed by atoms with Crippen LogP contribution in [0, 0.1) is 5.92 Å². The summed E-state index contributed by atoms with van der Waals surface area (Å²) in [6, 6.07) is -2.92. The fourth-order valence-electron chi connectivity index (χ4n) is 2.89. The van der Waals surface area contributed by atoms with Crippen molar-refractivity contribution in [2.75, 3.05) is 13.1 Å². The highest BCUT2D eigenvalue weighted by Crippen LogP contribution is 2.18. The molecule has 0 aromatic carbocycles. The number of aliphatic carboxylic acids is 1. The lowest BCUT2D eigenvalue weighted by atomic mass is 9.99. The Balaban J connectivity index is 2.61. The first kappa shape index (κ1) is 22.8. The number of nitrogens with one attached hydrogen (secondary N) is 2. The average molecular weight is 386 g/mol. The summed E-state index contributed by atoms with van der Waals surface area (Å²) in [5.74, 6) is -3.04. The topological polar surface area (TPSA) is 162 Å². The molecule has 5 atom stereocenters. The summed E-state index contributed by atoms with van der Waals surface area (Å²) in [5.41, 5.74) is 5.66. The van der Waals surface area contributed by atoms with E-state index in [-0.39, 0.29) is 12.5 Å². The van der Waals surface area contributed by atoms with E-state index in [1.807, 2.05) is 6.92 Å². The van der Waals surface area contributed by atoms with Gasteiger partial charge in [0.25, 0.3) is 0 Å². The standard InChI is InChI=1S/C17H30N4O6/c1-4-9(2)14(17(26)27)20-12(23)8-19-15(24)11-6-5-7-21(11)16(25)13(18)10(3)22/h9-11,13-14,22H,4-8,18H2,1-3H3,(H,19,24)(H,20,23)(H,26,27). The van der Waals surface area contributed by atoms with Gasteiger partial charge in [-0.1, -0.05) is 20.3 Å². The Morgan fingerprint density at radius 1 is 1.26 bits per heavy atom. The van der Waals surface area contributed by atoms with Crippen molar-refractivity contribution >= 4 is 23.7 Å². The Morgan fingerprint density at radius 2 is 1.89 bits per heavy atom. The predicted molar refractivity (Wildman–Crippen MR) is 96.4 cm³/mol. The Labute approximate surface area is 158 Å². The molecule has 10 nitrogen and oxygen atoms in total. The number of aliphatic hydroxyl groups excluding tert-OH is 1. The number of carboxylic acids is 1. The summed E-state index contributed by atoms with van der Waals surface area (Å²) in [6.45, 7) is 4.89. The zero-order chi connectivity index (χ0) is 20.7. The number of rotatable bonds is 9. The summed E-state index contributed by atoms with van der Waals surface area (Å²) < 4.78 is 0. The number of carboxylic acid groups (broad SMARTS) is 1. The maximum atomic E-state index is 12.4. The van der Waals surface area contributed by atoms with Crippen LogP contribution >= 0.6 is 0 Å². The van der Waals surface area contributed by atoms with Crippen molar-refractivity contribution in [2.45, 2.75) is 64.3 Å². The first-order valence-corrected chi connectivity index (χ1v) is 9.14. The molecule has 1 aliphatic heterocycles. The van der Waals surface area contributed by atoms with Gasteiger partial charge in [0, 0.05) is 6.54 Å². The second-order valence-corrected chi connectivity index (χ2v) is 6.94. The minimum atomic E-state index is -1.14. The van der Waals surface area contributed by atoms with Crippen LogP contribution in [0.1, 0.15) is 40.0 Å². The van der Waals surface area contributed by atoms with Crippen LogP contribution in [0.5, 0.6) is 0 Å². The zero-order valence-corrected chi connectivity index (χ0v) is 16.0. The highest BCUT2D eigenvalue weighted by molar-refractivity contribution is 5.93. The number of nitrogens with two attached hydrogens (primary N) is 1. The number of nitrogens with zero attached hydrogens (tertiary/aromatic N) is 1. The number of carbonyl (C=O) groups excluding carboxylic acids is 3. The molecule has 1 heterocycles. The van der Waals surface area contributed by atoms with Gasteiger partial charge >= 0.3 is 5.97 Å². The molecule has 1 aliphatic rings. The number of hydrogen-bond acceptors (Lipinski definition) is 6. The molecule has 0 radical (unpaired) electrons. The maximum Gasteiger partial charge on any atom is 0.326 e. The Morgan fingerprint density at radius 3 is 2.41 bits per heavy atom. The summed E-state index contributed by atoms with van der Waals surface area (Å²) in [5, 5.41) is 23.5. The number of likely N-dealkylation sites (tertiary alicyclic amines) is 1.